The van der Waals surface area contributed by atoms with Gasteiger partial charge in [-0.3, -0.25) is 0 Å². The van der Waals surface area contributed by atoms with Gasteiger partial charge in [-0.2, -0.15) is 0 Å². The molecule has 0 heterocycles. The Morgan fingerprint density at radius 2 is 2.19 bits per heavy atom. The number of hydrogen-bond donors (Lipinski definition) is 1. The summed E-state index contributed by atoms with van der Waals surface area (Å²) in [6, 6.07) is 5.28. The third-order valence-electron chi connectivity index (χ3n) is 3.86. The Bertz CT molecular complexity index is 435. The van der Waals surface area contributed by atoms with Crippen LogP contribution in [0.4, 0.5) is 10.1 Å². The van der Waals surface area contributed by atoms with Crippen LogP contribution in [0.5, 0.6) is 0 Å². The van der Waals surface area contributed by atoms with Gasteiger partial charge in [-0.05, 0) is 43.9 Å². The molecule has 1 aromatic carbocycles. The van der Waals surface area contributed by atoms with Gasteiger partial charge in [0.1, 0.15) is 5.82 Å². The van der Waals surface area contributed by atoms with Crippen LogP contribution in [-0.2, 0) is 11.3 Å². The molecule has 0 unspecified atom stereocenters. The Morgan fingerprint density at radius 3 is 2.90 bits per heavy atom. The van der Waals surface area contributed by atoms with E-state index in [0.29, 0.717) is 13.2 Å². The van der Waals surface area contributed by atoms with Gasteiger partial charge in [0.25, 0.3) is 0 Å². The van der Waals surface area contributed by atoms with Crippen molar-refractivity contribution in [2.24, 2.45) is 5.92 Å². The Hall–Kier alpha value is -1.13. The number of nitrogens with zero attached hydrogens (tertiary/aromatic N) is 1. The lowest BCUT2D eigenvalue weighted by molar-refractivity contribution is 0.131. The molecule has 4 heteroatoms. The van der Waals surface area contributed by atoms with Crippen LogP contribution >= 0.6 is 0 Å². The lowest BCUT2D eigenvalue weighted by Crippen LogP contribution is -2.26. The van der Waals surface area contributed by atoms with Gasteiger partial charge in [0, 0.05) is 38.0 Å². The molecule has 0 amide bonds. The highest BCUT2D eigenvalue weighted by atomic mass is 19.1. The maximum absolute atomic E-state index is 14.0. The van der Waals surface area contributed by atoms with Crippen molar-refractivity contribution >= 4 is 5.69 Å². The predicted molar refractivity (Wildman–Crippen MR) is 85.2 cm³/mol. The number of rotatable bonds is 10. The minimum absolute atomic E-state index is 0.137. The molecule has 1 aliphatic carbocycles. The van der Waals surface area contributed by atoms with E-state index < -0.39 is 0 Å². The monoisotopic (exact) mass is 294 g/mol. The van der Waals surface area contributed by atoms with Crippen molar-refractivity contribution in [2.45, 2.75) is 32.7 Å². The van der Waals surface area contributed by atoms with Crippen LogP contribution in [0.15, 0.2) is 18.2 Å². The molecule has 0 spiro atoms. The summed E-state index contributed by atoms with van der Waals surface area (Å²) in [7, 11) is 2.00. The van der Waals surface area contributed by atoms with E-state index in [0.717, 1.165) is 43.3 Å². The van der Waals surface area contributed by atoms with Gasteiger partial charge in [-0.1, -0.05) is 13.0 Å². The average Bonchev–Trinajstić information content (AvgIpc) is 3.29. The highest BCUT2D eigenvalue weighted by Crippen LogP contribution is 2.28. The molecule has 1 aromatic rings. The average molecular weight is 294 g/mol. The van der Waals surface area contributed by atoms with Crippen molar-refractivity contribution in [3.63, 3.8) is 0 Å². The van der Waals surface area contributed by atoms with E-state index >= 15 is 0 Å². The first-order valence-corrected chi connectivity index (χ1v) is 7.99. The van der Waals surface area contributed by atoms with Gasteiger partial charge >= 0.3 is 0 Å². The number of ether oxygens (including phenoxy) is 1. The number of anilines is 1. The molecular formula is C17H27FN2O. The largest absolute Gasteiger partial charge is 0.379 e. The second kappa shape index (κ2) is 8.35. The normalized spacial score (nSPS) is 14.4. The fraction of sp³-hybridized carbons (Fsp3) is 0.647. The van der Waals surface area contributed by atoms with Gasteiger partial charge < -0.3 is 15.0 Å². The summed E-state index contributed by atoms with van der Waals surface area (Å²) in [5.74, 6) is 0.653. The number of halogens is 1. The lowest BCUT2D eigenvalue weighted by Gasteiger charge is -2.23. The SMILES string of the molecule is CCCNCc1c(F)cccc1N(C)CCOCC1CC1. The molecule has 2 rings (SSSR count). The van der Waals surface area contributed by atoms with E-state index in [-0.39, 0.29) is 5.82 Å². The Balaban J connectivity index is 1.87. The van der Waals surface area contributed by atoms with E-state index in [9.17, 15) is 4.39 Å². The lowest BCUT2D eigenvalue weighted by atomic mass is 10.1. The molecule has 1 saturated carbocycles. The topological polar surface area (TPSA) is 24.5 Å². The van der Waals surface area contributed by atoms with E-state index in [2.05, 4.69) is 17.1 Å². The number of benzene rings is 1. The van der Waals surface area contributed by atoms with Crippen LogP contribution < -0.4 is 10.2 Å². The molecule has 118 valence electrons. The van der Waals surface area contributed by atoms with Crippen LogP contribution in [0.2, 0.25) is 0 Å². The molecule has 21 heavy (non-hydrogen) atoms. The van der Waals surface area contributed by atoms with Crippen LogP contribution in [0, 0.1) is 11.7 Å². The summed E-state index contributed by atoms with van der Waals surface area (Å²) in [5, 5.41) is 3.28. The minimum atomic E-state index is -0.137. The van der Waals surface area contributed by atoms with Crippen LogP contribution in [-0.4, -0.2) is 33.4 Å². The third kappa shape index (κ3) is 5.29. The Morgan fingerprint density at radius 1 is 1.38 bits per heavy atom. The Labute approximate surface area is 127 Å². The molecule has 3 nitrogen and oxygen atoms in total. The van der Waals surface area contributed by atoms with Crippen molar-refractivity contribution in [3.05, 3.63) is 29.6 Å². The summed E-state index contributed by atoms with van der Waals surface area (Å²) in [4.78, 5) is 2.08. The second-order valence-electron chi connectivity index (χ2n) is 5.85. The summed E-state index contributed by atoms with van der Waals surface area (Å²) in [6.45, 7) is 5.95. The van der Waals surface area contributed by atoms with E-state index in [1.54, 1.807) is 6.07 Å². The smallest absolute Gasteiger partial charge is 0.129 e. The summed E-state index contributed by atoms with van der Waals surface area (Å²) < 4.78 is 19.7. The fourth-order valence-corrected chi connectivity index (χ4v) is 2.33. The quantitative estimate of drug-likeness (QED) is 0.671. The van der Waals surface area contributed by atoms with Crippen LogP contribution in [0.25, 0.3) is 0 Å². The van der Waals surface area contributed by atoms with Gasteiger partial charge in [-0.15, -0.1) is 0 Å². The standard InChI is InChI=1S/C17H27FN2O/c1-3-9-19-12-15-16(18)5-4-6-17(15)20(2)10-11-21-13-14-7-8-14/h4-6,14,19H,3,7-13H2,1-2H3. The second-order valence-corrected chi connectivity index (χ2v) is 5.85. The predicted octanol–water partition coefficient (Wildman–Crippen LogP) is 3.19. The van der Waals surface area contributed by atoms with Crippen molar-refractivity contribution in [1.29, 1.82) is 0 Å². The molecule has 0 bridgehead atoms. The molecular weight excluding hydrogens is 267 g/mol. The number of likely N-dealkylation sites (N-methyl/N-ethyl adjacent to an activating group) is 1. The zero-order chi connectivity index (χ0) is 15.1. The molecule has 0 aliphatic heterocycles. The highest BCUT2D eigenvalue weighted by Gasteiger charge is 2.21. The molecule has 1 N–H and O–H groups in total. The Kier molecular flexibility index (Phi) is 6.46. The molecule has 0 saturated heterocycles. The molecule has 0 radical (unpaired) electrons. The zero-order valence-corrected chi connectivity index (χ0v) is 13.2. The van der Waals surface area contributed by atoms with Gasteiger partial charge in [-0.25, -0.2) is 4.39 Å². The van der Waals surface area contributed by atoms with Crippen molar-refractivity contribution in [3.8, 4) is 0 Å². The molecule has 1 fully saturated rings. The number of nitrogens with one attached hydrogen (secondary N) is 1. The molecule has 1 aliphatic rings. The number of hydrogen-bond acceptors (Lipinski definition) is 3. The van der Waals surface area contributed by atoms with Gasteiger partial charge in [0.05, 0.1) is 6.61 Å². The van der Waals surface area contributed by atoms with Crippen molar-refractivity contribution in [1.82, 2.24) is 5.32 Å². The summed E-state index contributed by atoms with van der Waals surface area (Å²) in [5.41, 5.74) is 1.70. The third-order valence-corrected chi connectivity index (χ3v) is 3.86. The molecule has 0 atom stereocenters. The highest BCUT2D eigenvalue weighted by molar-refractivity contribution is 5.53. The maximum Gasteiger partial charge on any atom is 0.129 e. The van der Waals surface area contributed by atoms with E-state index in [1.165, 1.54) is 18.9 Å². The van der Waals surface area contributed by atoms with Crippen molar-refractivity contribution in [2.75, 3.05) is 38.3 Å². The first-order chi connectivity index (χ1) is 10.2. The minimum Gasteiger partial charge on any atom is -0.379 e. The maximum atomic E-state index is 14.0. The first-order valence-electron chi connectivity index (χ1n) is 7.99. The van der Waals surface area contributed by atoms with Gasteiger partial charge in [0.2, 0.25) is 0 Å². The van der Waals surface area contributed by atoms with Crippen LogP contribution in [0.3, 0.4) is 0 Å². The summed E-state index contributed by atoms with van der Waals surface area (Å²) >= 11 is 0. The first kappa shape index (κ1) is 16.2. The zero-order valence-electron chi connectivity index (χ0n) is 13.2. The van der Waals surface area contributed by atoms with E-state index in [4.69, 9.17) is 4.74 Å². The molecule has 0 aromatic heterocycles. The fourth-order valence-electron chi connectivity index (χ4n) is 2.33. The van der Waals surface area contributed by atoms with Gasteiger partial charge in [0.15, 0.2) is 0 Å². The summed E-state index contributed by atoms with van der Waals surface area (Å²) in [6.07, 6.45) is 3.68. The van der Waals surface area contributed by atoms with Crippen molar-refractivity contribution < 1.29 is 9.13 Å². The van der Waals surface area contributed by atoms with Crippen LogP contribution in [0.1, 0.15) is 31.7 Å². The van der Waals surface area contributed by atoms with E-state index in [1.807, 2.05) is 13.1 Å².